The number of hydrogen-bond acceptors (Lipinski definition) is 4. The molecule has 0 aromatic heterocycles. The van der Waals surface area contributed by atoms with Crippen LogP contribution in [0, 0.1) is 6.92 Å². The Labute approximate surface area is 136 Å². The molecule has 3 N–H and O–H groups in total. The number of ether oxygens (including phenoxy) is 1. The number of carbonyl (C=O) groups is 1. The smallest absolute Gasteiger partial charge is 0.255 e. The lowest BCUT2D eigenvalue weighted by molar-refractivity contribution is 0.0935. The Balaban J connectivity index is 2.07. The molecule has 0 spiro atoms. The molecule has 0 fully saturated rings. The van der Waals surface area contributed by atoms with E-state index in [0.29, 0.717) is 16.9 Å². The summed E-state index contributed by atoms with van der Waals surface area (Å²) in [6.45, 7) is 1.93. The van der Waals surface area contributed by atoms with Gasteiger partial charge in [-0.1, -0.05) is 28.1 Å². The number of aryl methyl sites for hydroxylation is 1. The second kappa shape index (κ2) is 5.53. The molecule has 2 aromatic carbocycles. The van der Waals surface area contributed by atoms with Crippen LogP contribution in [0.25, 0.3) is 0 Å². The zero-order valence-corrected chi connectivity index (χ0v) is 13.7. The van der Waals surface area contributed by atoms with Gasteiger partial charge in [0.05, 0.1) is 18.4 Å². The summed E-state index contributed by atoms with van der Waals surface area (Å²) in [7, 11) is 1.48. The van der Waals surface area contributed by atoms with Crippen LogP contribution in [0.4, 0.5) is 5.69 Å². The number of fused-ring (bicyclic) bond motifs is 1. The Hall–Kier alpha value is -2.21. The summed E-state index contributed by atoms with van der Waals surface area (Å²) < 4.78 is 5.91. The molecule has 0 radical (unpaired) electrons. The zero-order chi connectivity index (χ0) is 15.9. The Morgan fingerprint density at radius 1 is 1.27 bits per heavy atom. The molecule has 1 heterocycles. The standard InChI is InChI=1S/C16H15BrN2O3/c1-8-4-3-5-10-13(8)18-15(19-16(10)21)11-6-9(17)7-12(22-2)14(11)20/h3-7,15,18,20H,1-2H3,(H,19,21). The van der Waals surface area contributed by atoms with E-state index in [1.165, 1.54) is 7.11 Å². The van der Waals surface area contributed by atoms with Gasteiger partial charge in [0.1, 0.15) is 6.17 Å². The van der Waals surface area contributed by atoms with Crippen LogP contribution in [0.15, 0.2) is 34.8 Å². The topological polar surface area (TPSA) is 70.6 Å². The van der Waals surface area contributed by atoms with Crippen LogP contribution in [0.3, 0.4) is 0 Å². The number of hydrogen-bond donors (Lipinski definition) is 3. The molecule has 6 heteroatoms. The highest BCUT2D eigenvalue weighted by Crippen LogP contribution is 2.39. The SMILES string of the molecule is COc1cc(Br)cc(C2NC(=O)c3cccc(C)c3N2)c1O. The van der Waals surface area contributed by atoms with Crippen LogP contribution in [0.1, 0.15) is 27.7 Å². The molecular weight excluding hydrogens is 348 g/mol. The lowest BCUT2D eigenvalue weighted by atomic mass is 10.0. The van der Waals surface area contributed by atoms with Gasteiger partial charge in [-0.3, -0.25) is 4.79 Å². The van der Waals surface area contributed by atoms with Crippen LogP contribution in [-0.4, -0.2) is 18.1 Å². The first-order chi connectivity index (χ1) is 10.5. The number of anilines is 1. The lowest BCUT2D eigenvalue weighted by Crippen LogP contribution is -2.38. The van der Waals surface area contributed by atoms with E-state index < -0.39 is 6.17 Å². The molecule has 22 heavy (non-hydrogen) atoms. The highest BCUT2D eigenvalue weighted by molar-refractivity contribution is 9.10. The van der Waals surface area contributed by atoms with Crippen molar-refractivity contribution in [2.45, 2.75) is 13.1 Å². The van der Waals surface area contributed by atoms with Gasteiger partial charge in [0.25, 0.3) is 5.91 Å². The maximum absolute atomic E-state index is 12.3. The molecule has 0 bridgehead atoms. The maximum atomic E-state index is 12.3. The van der Waals surface area contributed by atoms with Crippen LogP contribution in [-0.2, 0) is 0 Å². The Morgan fingerprint density at radius 3 is 2.77 bits per heavy atom. The number of phenols is 1. The molecule has 1 amide bonds. The average Bonchev–Trinajstić information content (AvgIpc) is 2.50. The molecule has 1 unspecified atom stereocenters. The van der Waals surface area contributed by atoms with Crippen molar-refractivity contribution in [2.75, 3.05) is 12.4 Å². The number of benzene rings is 2. The van der Waals surface area contributed by atoms with Crippen LogP contribution >= 0.6 is 15.9 Å². The molecular formula is C16H15BrN2O3. The van der Waals surface area contributed by atoms with E-state index in [-0.39, 0.29) is 11.7 Å². The van der Waals surface area contributed by atoms with E-state index in [9.17, 15) is 9.90 Å². The summed E-state index contributed by atoms with van der Waals surface area (Å²) in [6, 6.07) is 8.96. The van der Waals surface area contributed by atoms with E-state index in [1.54, 1.807) is 18.2 Å². The van der Waals surface area contributed by atoms with Gasteiger partial charge >= 0.3 is 0 Å². The fourth-order valence-electron chi connectivity index (χ4n) is 2.56. The van der Waals surface area contributed by atoms with Crippen LogP contribution < -0.4 is 15.4 Å². The van der Waals surface area contributed by atoms with Crippen molar-refractivity contribution in [3.8, 4) is 11.5 Å². The predicted octanol–water partition coefficient (Wildman–Crippen LogP) is 3.33. The zero-order valence-electron chi connectivity index (χ0n) is 12.1. The minimum Gasteiger partial charge on any atom is -0.504 e. The van der Waals surface area contributed by atoms with Crippen molar-refractivity contribution >= 4 is 27.5 Å². The van der Waals surface area contributed by atoms with E-state index in [4.69, 9.17) is 4.74 Å². The van der Waals surface area contributed by atoms with Crippen LogP contribution in [0.5, 0.6) is 11.5 Å². The van der Waals surface area contributed by atoms with Gasteiger partial charge in [-0.2, -0.15) is 0 Å². The molecule has 3 rings (SSSR count). The molecule has 0 aliphatic carbocycles. The summed E-state index contributed by atoms with van der Waals surface area (Å²) in [4.78, 5) is 12.3. The fourth-order valence-corrected chi connectivity index (χ4v) is 3.02. The van der Waals surface area contributed by atoms with Gasteiger partial charge in [0, 0.05) is 10.0 Å². The lowest BCUT2D eigenvalue weighted by Gasteiger charge is -2.30. The first kappa shape index (κ1) is 14.7. The summed E-state index contributed by atoms with van der Waals surface area (Å²) in [6.07, 6.45) is -0.535. The van der Waals surface area contributed by atoms with Crippen molar-refractivity contribution in [1.82, 2.24) is 5.32 Å². The van der Waals surface area contributed by atoms with Crippen molar-refractivity contribution in [1.29, 1.82) is 0 Å². The van der Waals surface area contributed by atoms with Gasteiger partial charge in [0.15, 0.2) is 11.5 Å². The highest BCUT2D eigenvalue weighted by Gasteiger charge is 2.28. The first-order valence-corrected chi connectivity index (χ1v) is 7.54. The number of nitrogens with one attached hydrogen (secondary N) is 2. The number of amides is 1. The Bertz CT molecular complexity index is 761. The van der Waals surface area contributed by atoms with Gasteiger partial charge in [-0.15, -0.1) is 0 Å². The van der Waals surface area contributed by atoms with Crippen molar-refractivity contribution in [3.63, 3.8) is 0 Å². The largest absolute Gasteiger partial charge is 0.504 e. The average molecular weight is 363 g/mol. The molecule has 1 atom stereocenters. The molecule has 0 saturated carbocycles. The Morgan fingerprint density at radius 2 is 2.05 bits per heavy atom. The minimum absolute atomic E-state index is 0.000495. The second-order valence-electron chi connectivity index (χ2n) is 5.09. The Kier molecular flexibility index (Phi) is 3.70. The molecule has 2 aromatic rings. The monoisotopic (exact) mass is 362 g/mol. The second-order valence-corrected chi connectivity index (χ2v) is 6.01. The fraction of sp³-hybridized carbons (Fsp3) is 0.188. The number of methoxy groups -OCH3 is 1. The molecule has 1 aliphatic rings. The summed E-state index contributed by atoms with van der Waals surface area (Å²) in [5.74, 6) is 0.164. The maximum Gasteiger partial charge on any atom is 0.255 e. The molecule has 5 nitrogen and oxygen atoms in total. The van der Waals surface area contributed by atoms with Gasteiger partial charge in [-0.05, 0) is 30.7 Å². The van der Waals surface area contributed by atoms with Crippen molar-refractivity contribution in [3.05, 3.63) is 51.5 Å². The number of para-hydroxylation sites is 1. The summed E-state index contributed by atoms with van der Waals surface area (Å²) in [5.41, 5.74) is 2.87. The first-order valence-electron chi connectivity index (χ1n) is 6.74. The van der Waals surface area contributed by atoms with Crippen molar-refractivity contribution < 1.29 is 14.6 Å². The number of halogens is 1. The highest BCUT2D eigenvalue weighted by atomic mass is 79.9. The molecule has 114 valence electrons. The predicted molar refractivity (Wildman–Crippen MR) is 87.4 cm³/mol. The number of aromatic hydroxyl groups is 1. The normalized spacial score (nSPS) is 16.5. The van der Waals surface area contributed by atoms with E-state index in [0.717, 1.165) is 15.7 Å². The number of rotatable bonds is 2. The van der Waals surface area contributed by atoms with E-state index in [1.807, 2.05) is 19.1 Å². The number of phenolic OH excluding ortho intramolecular Hbond substituents is 1. The quantitative estimate of drug-likeness (QED) is 0.766. The minimum atomic E-state index is -0.535. The molecule has 0 saturated heterocycles. The van der Waals surface area contributed by atoms with Crippen molar-refractivity contribution in [2.24, 2.45) is 0 Å². The summed E-state index contributed by atoms with van der Waals surface area (Å²) in [5, 5.41) is 16.4. The third-order valence-corrected chi connectivity index (χ3v) is 4.14. The van der Waals surface area contributed by atoms with Gasteiger partial charge in [0.2, 0.25) is 0 Å². The van der Waals surface area contributed by atoms with Crippen LogP contribution in [0.2, 0.25) is 0 Å². The van der Waals surface area contributed by atoms with E-state index in [2.05, 4.69) is 26.6 Å². The van der Waals surface area contributed by atoms with Gasteiger partial charge in [-0.25, -0.2) is 0 Å². The third kappa shape index (κ3) is 2.39. The number of carbonyl (C=O) groups excluding carboxylic acids is 1. The van der Waals surface area contributed by atoms with Gasteiger partial charge < -0.3 is 20.5 Å². The summed E-state index contributed by atoms with van der Waals surface area (Å²) >= 11 is 3.38. The van der Waals surface area contributed by atoms with E-state index >= 15 is 0 Å². The molecule has 1 aliphatic heterocycles. The third-order valence-electron chi connectivity index (χ3n) is 3.68.